The number of aromatic nitrogens is 2. The number of benzene rings is 1. The molecule has 1 aromatic carbocycles. The summed E-state index contributed by atoms with van der Waals surface area (Å²) >= 11 is 13.6. The molecule has 2 aromatic heterocycles. The van der Waals surface area contributed by atoms with Crippen LogP contribution < -0.4 is 10.5 Å². The number of ether oxygens (including phenoxy) is 1. The van der Waals surface area contributed by atoms with Gasteiger partial charge in [-0.1, -0.05) is 23.2 Å². The fourth-order valence-corrected chi connectivity index (χ4v) is 2.96. The largest absolute Gasteiger partial charge is 0.437 e. The normalized spacial score (nSPS) is 10.9. The average molecular weight is 326 g/mol. The third kappa shape index (κ3) is 2.52. The lowest BCUT2D eigenvalue weighted by atomic mass is 10.3. The van der Waals surface area contributed by atoms with Gasteiger partial charge in [-0.3, -0.25) is 0 Å². The molecule has 0 bridgehead atoms. The van der Waals surface area contributed by atoms with E-state index in [0.717, 1.165) is 15.1 Å². The van der Waals surface area contributed by atoms with E-state index in [2.05, 4.69) is 9.97 Å². The van der Waals surface area contributed by atoms with Gasteiger partial charge in [0.15, 0.2) is 0 Å². The summed E-state index contributed by atoms with van der Waals surface area (Å²) in [6.07, 6.45) is 0. The Morgan fingerprint density at radius 3 is 2.80 bits per heavy atom. The molecule has 2 N–H and O–H groups in total. The lowest BCUT2D eigenvalue weighted by Crippen LogP contribution is -1.97. The monoisotopic (exact) mass is 325 g/mol. The van der Waals surface area contributed by atoms with Crippen LogP contribution in [0.3, 0.4) is 0 Å². The van der Waals surface area contributed by atoms with E-state index in [1.807, 2.05) is 13.0 Å². The van der Waals surface area contributed by atoms with E-state index >= 15 is 0 Å². The first-order chi connectivity index (χ1) is 9.52. The number of anilines is 1. The molecule has 20 heavy (non-hydrogen) atoms. The summed E-state index contributed by atoms with van der Waals surface area (Å²) in [6, 6.07) is 6.94. The molecule has 0 amide bonds. The minimum absolute atomic E-state index is 0.160. The SMILES string of the molecule is Cc1cc2c(Oc3cc(Cl)ccc3Cl)nc(N)nc2s1. The highest BCUT2D eigenvalue weighted by Crippen LogP contribution is 2.36. The Balaban J connectivity index is 2.12. The summed E-state index contributed by atoms with van der Waals surface area (Å²) in [6.45, 7) is 1.98. The smallest absolute Gasteiger partial charge is 0.232 e. The fraction of sp³-hybridized carbons (Fsp3) is 0.0769. The quantitative estimate of drug-likeness (QED) is 0.743. The van der Waals surface area contributed by atoms with Crippen molar-refractivity contribution in [2.45, 2.75) is 6.92 Å². The van der Waals surface area contributed by atoms with E-state index in [-0.39, 0.29) is 5.95 Å². The highest BCUT2D eigenvalue weighted by atomic mass is 35.5. The maximum absolute atomic E-state index is 6.09. The molecule has 0 saturated heterocycles. The molecule has 0 atom stereocenters. The molecular formula is C13H9Cl2N3OS. The maximum Gasteiger partial charge on any atom is 0.232 e. The van der Waals surface area contributed by atoms with Crippen molar-refractivity contribution in [1.29, 1.82) is 0 Å². The van der Waals surface area contributed by atoms with Gasteiger partial charge in [-0.25, -0.2) is 4.98 Å². The first-order valence-electron chi connectivity index (χ1n) is 5.69. The van der Waals surface area contributed by atoms with Crippen molar-refractivity contribution in [2.24, 2.45) is 0 Å². The topological polar surface area (TPSA) is 61.0 Å². The zero-order valence-corrected chi connectivity index (χ0v) is 12.7. The molecule has 2 heterocycles. The predicted octanol–water partition coefficient (Wildman–Crippen LogP) is 4.68. The van der Waals surface area contributed by atoms with Crippen molar-refractivity contribution in [1.82, 2.24) is 9.97 Å². The Morgan fingerprint density at radius 2 is 2.00 bits per heavy atom. The molecule has 3 rings (SSSR count). The minimum Gasteiger partial charge on any atom is -0.437 e. The molecule has 0 aliphatic heterocycles. The number of hydrogen-bond donors (Lipinski definition) is 1. The van der Waals surface area contributed by atoms with Crippen LogP contribution >= 0.6 is 34.5 Å². The number of nitrogen functional groups attached to an aromatic ring is 1. The summed E-state index contributed by atoms with van der Waals surface area (Å²) in [5, 5.41) is 1.79. The standard InChI is InChI=1S/C13H9Cl2N3OS/c1-6-4-8-11(17-13(16)18-12(8)20-6)19-10-5-7(14)2-3-9(10)15/h2-5H,1H3,(H2,16,17,18). The van der Waals surface area contributed by atoms with Gasteiger partial charge >= 0.3 is 0 Å². The Labute approximate surface area is 129 Å². The van der Waals surface area contributed by atoms with Crippen molar-refractivity contribution in [3.05, 3.63) is 39.2 Å². The van der Waals surface area contributed by atoms with Crippen LogP contribution in [0.25, 0.3) is 10.2 Å². The van der Waals surface area contributed by atoms with Gasteiger partial charge in [-0.15, -0.1) is 11.3 Å². The summed E-state index contributed by atoms with van der Waals surface area (Å²) in [5.41, 5.74) is 5.70. The molecule has 0 saturated carbocycles. The summed E-state index contributed by atoms with van der Waals surface area (Å²) in [7, 11) is 0. The van der Waals surface area contributed by atoms with Crippen LogP contribution in [0.15, 0.2) is 24.3 Å². The molecule has 0 unspecified atom stereocenters. The third-order valence-electron chi connectivity index (χ3n) is 2.60. The number of hydrogen-bond acceptors (Lipinski definition) is 5. The Bertz CT molecular complexity index is 804. The Morgan fingerprint density at radius 1 is 1.20 bits per heavy atom. The second-order valence-corrected chi connectivity index (χ2v) is 6.22. The lowest BCUT2D eigenvalue weighted by molar-refractivity contribution is 0.469. The van der Waals surface area contributed by atoms with E-state index < -0.39 is 0 Å². The second kappa shape index (κ2) is 5.09. The molecule has 4 nitrogen and oxygen atoms in total. The van der Waals surface area contributed by atoms with Gasteiger partial charge in [-0.05, 0) is 25.1 Å². The molecular weight excluding hydrogens is 317 g/mol. The van der Waals surface area contributed by atoms with Gasteiger partial charge < -0.3 is 10.5 Å². The Kier molecular flexibility index (Phi) is 3.41. The summed E-state index contributed by atoms with van der Waals surface area (Å²) in [4.78, 5) is 10.2. The van der Waals surface area contributed by atoms with Gasteiger partial charge in [0, 0.05) is 16.0 Å². The van der Waals surface area contributed by atoms with Crippen molar-refractivity contribution in [3.63, 3.8) is 0 Å². The van der Waals surface area contributed by atoms with E-state index in [9.17, 15) is 0 Å². The maximum atomic E-state index is 6.09. The first-order valence-corrected chi connectivity index (χ1v) is 7.27. The average Bonchev–Trinajstić information content (AvgIpc) is 2.74. The number of aryl methyl sites for hydroxylation is 1. The highest BCUT2D eigenvalue weighted by molar-refractivity contribution is 7.18. The van der Waals surface area contributed by atoms with E-state index in [1.54, 1.807) is 18.2 Å². The third-order valence-corrected chi connectivity index (χ3v) is 4.09. The molecule has 0 spiro atoms. The van der Waals surface area contributed by atoms with E-state index in [0.29, 0.717) is 21.7 Å². The van der Waals surface area contributed by atoms with Crippen LogP contribution in [0.5, 0.6) is 11.6 Å². The van der Waals surface area contributed by atoms with Crippen molar-refractivity contribution >= 4 is 50.7 Å². The number of rotatable bonds is 2. The van der Waals surface area contributed by atoms with Crippen molar-refractivity contribution in [2.75, 3.05) is 5.73 Å². The number of nitrogens with zero attached hydrogens (tertiary/aromatic N) is 2. The zero-order valence-electron chi connectivity index (χ0n) is 10.4. The molecule has 0 fully saturated rings. The van der Waals surface area contributed by atoms with Gasteiger partial charge in [0.05, 0.1) is 10.4 Å². The van der Waals surface area contributed by atoms with Gasteiger partial charge in [0.2, 0.25) is 11.8 Å². The number of nitrogens with two attached hydrogens (primary N) is 1. The van der Waals surface area contributed by atoms with Gasteiger partial charge in [0.25, 0.3) is 0 Å². The molecule has 3 aromatic rings. The van der Waals surface area contributed by atoms with Crippen molar-refractivity contribution < 1.29 is 4.74 Å². The van der Waals surface area contributed by atoms with Gasteiger partial charge in [-0.2, -0.15) is 4.98 Å². The second-order valence-electron chi connectivity index (χ2n) is 4.14. The van der Waals surface area contributed by atoms with E-state index in [1.165, 1.54) is 11.3 Å². The van der Waals surface area contributed by atoms with Crippen LogP contribution in [0.2, 0.25) is 10.0 Å². The lowest BCUT2D eigenvalue weighted by Gasteiger charge is -2.08. The summed E-state index contributed by atoms with van der Waals surface area (Å²) < 4.78 is 5.76. The van der Waals surface area contributed by atoms with Crippen LogP contribution in [-0.2, 0) is 0 Å². The van der Waals surface area contributed by atoms with Crippen LogP contribution in [-0.4, -0.2) is 9.97 Å². The predicted molar refractivity (Wildman–Crippen MR) is 83.1 cm³/mol. The zero-order chi connectivity index (χ0) is 14.3. The minimum atomic E-state index is 0.160. The van der Waals surface area contributed by atoms with Crippen LogP contribution in [0, 0.1) is 6.92 Å². The molecule has 0 aliphatic carbocycles. The highest BCUT2D eigenvalue weighted by Gasteiger charge is 2.13. The molecule has 0 radical (unpaired) electrons. The number of thiophene rings is 1. The molecule has 0 aliphatic rings. The molecule has 102 valence electrons. The first kappa shape index (κ1) is 13.4. The van der Waals surface area contributed by atoms with Crippen LogP contribution in [0.4, 0.5) is 5.95 Å². The molecule has 7 heteroatoms. The van der Waals surface area contributed by atoms with E-state index in [4.69, 9.17) is 33.7 Å². The van der Waals surface area contributed by atoms with Crippen molar-refractivity contribution in [3.8, 4) is 11.6 Å². The fourth-order valence-electron chi connectivity index (χ4n) is 1.77. The summed E-state index contributed by atoms with van der Waals surface area (Å²) in [5.74, 6) is 0.968. The van der Waals surface area contributed by atoms with Crippen LogP contribution in [0.1, 0.15) is 4.88 Å². The number of fused-ring (bicyclic) bond motifs is 1. The number of halogens is 2. The Hall–Kier alpha value is -1.56. The van der Waals surface area contributed by atoms with Gasteiger partial charge in [0.1, 0.15) is 10.6 Å².